The van der Waals surface area contributed by atoms with Crippen molar-refractivity contribution in [1.82, 2.24) is 20.4 Å². The summed E-state index contributed by atoms with van der Waals surface area (Å²) in [6.45, 7) is 2.00. The van der Waals surface area contributed by atoms with Crippen LogP contribution in [0.15, 0.2) is 23.0 Å². The number of aliphatic hydroxyl groups is 1. The lowest BCUT2D eigenvalue weighted by molar-refractivity contribution is 0.123. The highest BCUT2D eigenvalue weighted by Gasteiger charge is 2.12. The summed E-state index contributed by atoms with van der Waals surface area (Å²) in [5.74, 6) is 0. The molecule has 0 saturated carbocycles. The molecule has 0 bridgehead atoms. The van der Waals surface area contributed by atoms with E-state index in [1.54, 1.807) is 11.3 Å². The molecule has 0 aromatic carbocycles. The number of aliphatic hydroxyl groups excluding tert-OH is 1. The van der Waals surface area contributed by atoms with Crippen LogP contribution in [0.5, 0.6) is 0 Å². The van der Waals surface area contributed by atoms with Crippen LogP contribution in [0.3, 0.4) is 0 Å². The van der Waals surface area contributed by atoms with Crippen molar-refractivity contribution in [1.29, 1.82) is 0 Å². The van der Waals surface area contributed by atoms with Crippen molar-refractivity contribution < 1.29 is 5.11 Å². The molecule has 1 atom stereocenters. The van der Waals surface area contributed by atoms with Gasteiger partial charge in [-0.15, -0.1) is 0 Å². The summed E-state index contributed by atoms with van der Waals surface area (Å²) in [4.78, 5) is 2.10. The van der Waals surface area contributed by atoms with Crippen LogP contribution < -0.4 is 5.32 Å². The summed E-state index contributed by atoms with van der Waals surface area (Å²) in [5, 5.41) is 24.1. The zero-order valence-corrected chi connectivity index (χ0v) is 12.1. The number of hydrogen-bond acceptors (Lipinski definition) is 5. The van der Waals surface area contributed by atoms with Gasteiger partial charge in [0.15, 0.2) is 0 Å². The highest BCUT2D eigenvalue weighted by Crippen LogP contribution is 2.24. The van der Waals surface area contributed by atoms with E-state index in [2.05, 4.69) is 37.2 Å². The molecule has 0 saturated heterocycles. The molecule has 0 amide bonds. The summed E-state index contributed by atoms with van der Waals surface area (Å²) in [6.07, 6.45) is 1.50. The average Bonchev–Trinajstić information content (AvgIpc) is 2.98. The molecule has 0 radical (unpaired) electrons. The fourth-order valence-electron chi connectivity index (χ4n) is 2.10. The molecule has 19 heavy (non-hydrogen) atoms. The number of aromatic nitrogens is 2. The van der Waals surface area contributed by atoms with Gasteiger partial charge in [0.1, 0.15) is 0 Å². The summed E-state index contributed by atoms with van der Waals surface area (Å²) in [6, 6.07) is 2.08. The molecular weight excluding hydrogens is 260 g/mol. The van der Waals surface area contributed by atoms with Crippen molar-refractivity contribution in [2.75, 3.05) is 27.2 Å². The fourth-order valence-corrected chi connectivity index (χ4v) is 2.75. The number of H-pyrrole nitrogens is 1. The average molecular weight is 280 g/mol. The highest BCUT2D eigenvalue weighted by atomic mass is 32.1. The number of nitrogens with one attached hydrogen (secondary N) is 2. The first-order chi connectivity index (χ1) is 9.20. The molecule has 2 heterocycles. The van der Waals surface area contributed by atoms with Crippen molar-refractivity contribution in [3.63, 3.8) is 0 Å². The standard InChI is InChI=1S/C13H20N4OS/c1-14-6-12(18)8-17(2)7-11-5-15-16-13(11)10-3-4-19-9-10/h3-5,9,12,14,18H,6-8H2,1-2H3,(H,15,16). The van der Waals surface area contributed by atoms with Crippen molar-refractivity contribution in [2.24, 2.45) is 0 Å². The second-order valence-electron chi connectivity index (χ2n) is 4.69. The number of rotatable bonds is 7. The largest absolute Gasteiger partial charge is 0.390 e. The Hall–Kier alpha value is -1.21. The van der Waals surface area contributed by atoms with E-state index in [0.717, 1.165) is 17.8 Å². The van der Waals surface area contributed by atoms with Crippen LogP contribution in [0.25, 0.3) is 11.3 Å². The van der Waals surface area contributed by atoms with Gasteiger partial charge >= 0.3 is 0 Å². The van der Waals surface area contributed by atoms with Gasteiger partial charge in [0.05, 0.1) is 18.0 Å². The van der Waals surface area contributed by atoms with Crippen molar-refractivity contribution in [3.05, 3.63) is 28.6 Å². The lowest BCUT2D eigenvalue weighted by Gasteiger charge is -2.20. The number of nitrogens with zero attached hydrogens (tertiary/aromatic N) is 2. The summed E-state index contributed by atoms with van der Waals surface area (Å²) < 4.78 is 0. The van der Waals surface area contributed by atoms with E-state index in [0.29, 0.717) is 13.1 Å². The van der Waals surface area contributed by atoms with Gasteiger partial charge in [-0.3, -0.25) is 10.00 Å². The number of aromatic amines is 1. The normalized spacial score (nSPS) is 13.1. The van der Waals surface area contributed by atoms with E-state index < -0.39 is 0 Å². The molecular formula is C13H20N4OS. The molecule has 0 spiro atoms. The van der Waals surface area contributed by atoms with Gasteiger partial charge in [-0.2, -0.15) is 16.4 Å². The Morgan fingerprint density at radius 1 is 1.58 bits per heavy atom. The molecule has 5 nitrogen and oxygen atoms in total. The smallest absolute Gasteiger partial charge is 0.0791 e. The summed E-state index contributed by atoms with van der Waals surface area (Å²) in [7, 11) is 3.84. The second kappa shape index (κ2) is 6.81. The first kappa shape index (κ1) is 14.2. The quantitative estimate of drug-likeness (QED) is 0.712. The predicted molar refractivity (Wildman–Crippen MR) is 78.2 cm³/mol. The molecule has 0 aliphatic carbocycles. The van der Waals surface area contributed by atoms with Crippen LogP contribution in [0.2, 0.25) is 0 Å². The van der Waals surface area contributed by atoms with Gasteiger partial charge in [-0.25, -0.2) is 0 Å². The minimum absolute atomic E-state index is 0.355. The van der Waals surface area contributed by atoms with E-state index >= 15 is 0 Å². The van der Waals surface area contributed by atoms with Gasteiger partial charge in [0.25, 0.3) is 0 Å². The van der Waals surface area contributed by atoms with E-state index in [4.69, 9.17) is 0 Å². The molecule has 0 fully saturated rings. The predicted octanol–water partition coefficient (Wildman–Crippen LogP) is 1.15. The molecule has 2 aromatic heterocycles. The lowest BCUT2D eigenvalue weighted by atomic mass is 10.1. The number of likely N-dealkylation sites (N-methyl/N-ethyl adjacent to an activating group) is 2. The molecule has 2 rings (SSSR count). The molecule has 0 aliphatic heterocycles. The van der Waals surface area contributed by atoms with Gasteiger partial charge in [-0.05, 0) is 25.5 Å². The van der Waals surface area contributed by atoms with E-state index in [-0.39, 0.29) is 6.10 Å². The van der Waals surface area contributed by atoms with Crippen LogP contribution in [-0.4, -0.2) is 53.5 Å². The van der Waals surface area contributed by atoms with E-state index in [1.165, 1.54) is 5.56 Å². The van der Waals surface area contributed by atoms with Crippen molar-refractivity contribution in [2.45, 2.75) is 12.6 Å². The zero-order chi connectivity index (χ0) is 13.7. The lowest BCUT2D eigenvalue weighted by Crippen LogP contribution is -2.35. The monoisotopic (exact) mass is 280 g/mol. The number of thiophene rings is 1. The van der Waals surface area contributed by atoms with Gasteiger partial charge in [0, 0.05) is 36.1 Å². The third-order valence-electron chi connectivity index (χ3n) is 2.93. The topological polar surface area (TPSA) is 64.2 Å². The Bertz CT molecular complexity index is 483. The molecule has 2 aromatic rings. The maximum Gasteiger partial charge on any atom is 0.0791 e. The second-order valence-corrected chi connectivity index (χ2v) is 5.47. The third kappa shape index (κ3) is 3.87. The maximum atomic E-state index is 9.78. The van der Waals surface area contributed by atoms with Gasteiger partial charge < -0.3 is 10.4 Å². The van der Waals surface area contributed by atoms with E-state index in [1.807, 2.05) is 20.3 Å². The highest BCUT2D eigenvalue weighted by molar-refractivity contribution is 7.08. The van der Waals surface area contributed by atoms with Crippen LogP contribution >= 0.6 is 11.3 Å². The van der Waals surface area contributed by atoms with Crippen molar-refractivity contribution >= 4 is 11.3 Å². The van der Waals surface area contributed by atoms with Gasteiger partial charge in [-0.1, -0.05) is 0 Å². The first-order valence-electron chi connectivity index (χ1n) is 6.26. The SMILES string of the molecule is CNCC(O)CN(C)Cc1cn[nH]c1-c1ccsc1. The Kier molecular flexibility index (Phi) is 5.09. The zero-order valence-electron chi connectivity index (χ0n) is 11.3. The summed E-state index contributed by atoms with van der Waals surface area (Å²) in [5.41, 5.74) is 3.38. The Morgan fingerprint density at radius 2 is 2.42 bits per heavy atom. The fraction of sp³-hybridized carbons (Fsp3) is 0.462. The first-order valence-corrected chi connectivity index (χ1v) is 7.21. The maximum absolute atomic E-state index is 9.78. The molecule has 0 aliphatic rings. The van der Waals surface area contributed by atoms with Crippen molar-refractivity contribution in [3.8, 4) is 11.3 Å². The minimum atomic E-state index is -0.355. The Balaban J connectivity index is 1.98. The molecule has 1 unspecified atom stereocenters. The Morgan fingerprint density at radius 3 is 3.11 bits per heavy atom. The van der Waals surface area contributed by atoms with E-state index in [9.17, 15) is 5.11 Å². The van der Waals surface area contributed by atoms with Crippen LogP contribution in [0.4, 0.5) is 0 Å². The van der Waals surface area contributed by atoms with Crippen LogP contribution in [0, 0.1) is 0 Å². The molecule has 6 heteroatoms. The third-order valence-corrected chi connectivity index (χ3v) is 3.61. The molecule has 3 N–H and O–H groups in total. The van der Waals surface area contributed by atoms with Gasteiger partial charge in [0.2, 0.25) is 0 Å². The minimum Gasteiger partial charge on any atom is -0.390 e. The number of hydrogen-bond donors (Lipinski definition) is 3. The summed E-state index contributed by atoms with van der Waals surface area (Å²) >= 11 is 1.67. The van der Waals surface area contributed by atoms with Crippen LogP contribution in [0.1, 0.15) is 5.56 Å². The Labute approximate surface area is 117 Å². The van der Waals surface area contributed by atoms with Crippen LogP contribution in [-0.2, 0) is 6.54 Å². The molecule has 104 valence electrons.